The Morgan fingerprint density at radius 1 is 1.09 bits per heavy atom. The summed E-state index contributed by atoms with van der Waals surface area (Å²) in [5.41, 5.74) is -0.151. The maximum atomic E-state index is 13.3. The Balaban J connectivity index is 1.48. The normalized spacial score (nSPS) is 16.1. The lowest BCUT2D eigenvalue weighted by molar-refractivity contribution is -0.138. The molecule has 2 aromatic carbocycles. The topological polar surface area (TPSA) is 65.5 Å². The van der Waals surface area contributed by atoms with Crippen LogP contribution in [0, 0.1) is 0 Å². The van der Waals surface area contributed by atoms with E-state index in [1.165, 1.54) is 39.1 Å². The number of alkyl halides is 3. The van der Waals surface area contributed by atoms with Gasteiger partial charge in [0, 0.05) is 32.4 Å². The van der Waals surface area contributed by atoms with Gasteiger partial charge < -0.3 is 14.5 Å². The fourth-order valence-corrected chi connectivity index (χ4v) is 3.42. The summed E-state index contributed by atoms with van der Waals surface area (Å²) in [6, 6.07) is 13.2. The first-order chi connectivity index (χ1) is 15.2. The van der Waals surface area contributed by atoms with Crippen LogP contribution in [0.5, 0.6) is 0 Å². The number of aliphatic imine (C=N–C) groups is 1. The van der Waals surface area contributed by atoms with Crippen LogP contribution in [0.15, 0.2) is 71.5 Å². The van der Waals surface area contributed by atoms with E-state index in [9.17, 15) is 22.8 Å². The van der Waals surface area contributed by atoms with E-state index in [4.69, 9.17) is 4.74 Å². The monoisotopic (exact) mass is 444 g/mol. The number of hydrogen-bond acceptors (Lipinski definition) is 4. The number of fused-ring (bicyclic) bond motifs is 1. The Hall–Kier alpha value is -3.82. The van der Waals surface area contributed by atoms with Crippen molar-refractivity contribution in [3.63, 3.8) is 0 Å². The Bertz CT molecular complexity index is 1100. The third-order valence-electron chi connectivity index (χ3n) is 5.14. The lowest BCUT2D eigenvalue weighted by atomic mass is 10.1. The fraction of sp³-hybridized carbons (Fsp3) is 0.227. The largest absolute Gasteiger partial charge is 0.418 e. The maximum absolute atomic E-state index is 13.3. The summed E-state index contributed by atoms with van der Waals surface area (Å²) in [5.74, 6) is -0.422. The molecular formula is C22H19F3N4O3. The van der Waals surface area contributed by atoms with Gasteiger partial charge in [-0.15, -0.1) is 4.99 Å². The minimum atomic E-state index is -4.52. The molecule has 0 radical (unpaired) electrons. The summed E-state index contributed by atoms with van der Waals surface area (Å²) in [6.07, 6.45) is -3.08. The van der Waals surface area contributed by atoms with E-state index < -0.39 is 23.7 Å². The van der Waals surface area contributed by atoms with Crippen LogP contribution in [0.25, 0.3) is 0 Å². The third kappa shape index (κ3) is 4.29. The third-order valence-corrected chi connectivity index (χ3v) is 5.14. The number of ether oxygens (including phenoxy) is 1. The molecule has 3 amide bonds. The van der Waals surface area contributed by atoms with Crippen molar-refractivity contribution in [2.45, 2.75) is 12.7 Å². The molecule has 2 heterocycles. The highest BCUT2D eigenvalue weighted by Crippen LogP contribution is 2.32. The lowest BCUT2D eigenvalue weighted by Gasteiger charge is -2.21. The van der Waals surface area contributed by atoms with Crippen LogP contribution in [0.4, 0.5) is 23.7 Å². The van der Waals surface area contributed by atoms with E-state index in [2.05, 4.69) is 4.99 Å². The second-order valence-electron chi connectivity index (χ2n) is 7.24. The number of urea groups is 1. The van der Waals surface area contributed by atoms with Gasteiger partial charge in [0.05, 0.1) is 11.8 Å². The van der Waals surface area contributed by atoms with Gasteiger partial charge in [0.15, 0.2) is 0 Å². The van der Waals surface area contributed by atoms with E-state index in [1.807, 2.05) is 6.07 Å². The standard InChI is InChI=1S/C22H19F3N4O3/c1-27(16-8-3-2-4-9-16)19(30)18-14-29-12-11-28(20(31)26-21(29)32-18)13-15-7-5-6-10-17(15)22(23,24)25/h2-10,14H,11-13H2,1H3. The number of benzene rings is 2. The number of likely N-dealkylation sites (N-methyl/N-ethyl adjacent to an activating group) is 1. The summed E-state index contributed by atoms with van der Waals surface area (Å²) in [5, 5.41) is 0. The second kappa shape index (κ2) is 8.37. The summed E-state index contributed by atoms with van der Waals surface area (Å²) >= 11 is 0. The van der Waals surface area contributed by atoms with Crippen molar-refractivity contribution in [1.82, 2.24) is 9.80 Å². The number of carbonyl (C=O) groups excluding carboxylic acids is 2. The molecule has 0 unspecified atom stereocenters. The van der Waals surface area contributed by atoms with Gasteiger partial charge in [-0.25, -0.2) is 4.79 Å². The molecule has 0 N–H and O–H groups in total. The minimum Gasteiger partial charge on any atom is -0.418 e. The molecule has 7 nitrogen and oxygen atoms in total. The van der Waals surface area contributed by atoms with E-state index in [1.54, 1.807) is 31.3 Å². The predicted octanol–water partition coefficient (Wildman–Crippen LogP) is 3.83. The number of rotatable bonds is 4. The van der Waals surface area contributed by atoms with Crippen LogP contribution >= 0.6 is 0 Å². The van der Waals surface area contributed by atoms with Crippen molar-refractivity contribution in [3.05, 3.63) is 77.7 Å². The molecule has 0 fully saturated rings. The summed E-state index contributed by atoms with van der Waals surface area (Å²) in [4.78, 5) is 33.3. The first kappa shape index (κ1) is 21.4. The zero-order valence-electron chi connectivity index (χ0n) is 17.0. The summed E-state index contributed by atoms with van der Waals surface area (Å²) in [6.45, 7) is 0.0733. The number of para-hydroxylation sites is 1. The van der Waals surface area contributed by atoms with Gasteiger partial charge in [0.1, 0.15) is 0 Å². The molecule has 2 aliphatic heterocycles. The second-order valence-corrected chi connectivity index (χ2v) is 7.24. The average molecular weight is 444 g/mol. The molecule has 0 saturated heterocycles. The Labute approximate surface area is 182 Å². The lowest BCUT2D eigenvalue weighted by Crippen LogP contribution is -2.32. The smallest absolute Gasteiger partial charge is 0.416 e. The fourth-order valence-electron chi connectivity index (χ4n) is 3.42. The first-order valence-electron chi connectivity index (χ1n) is 9.76. The molecule has 0 atom stereocenters. The zero-order valence-corrected chi connectivity index (χ0v) is 17.0. The molecule has 10 heteroatoms. The van der Waals surface area contributed by atoms with Crippen LogP contribution in [0.3, 0.4) is 0 Å². The van der Waals surface area contributed by atoms with E-state index in [0.717, 1.165) is 6.07 Å². The van der Waals surface area contributed by atoms with Crippen molar-refractivity contribution >= 4 is 23.6 Å². The Morgan fingerprint density at radius 3 is 2.50 bits per heavy atom. The van der Waals surface area contributed by atoms with Crippen LogP contribution in [-0.2, 0) is 22.3 Å². The molecule has 0 spiro atoms. The van der Waals surface area contributed by atoms with Crippen molar-refractivity contribution in [2.75, 3.05) is 25.0 Å². The van der Waals surface area contributed by atoms with E-state index >= 15 is 0 Å². The number of amides is 3. The number of halogens is 3. The molecule has 4 rings (SSSR count). The van der Waals surface area contributed by atoms with Crippen LogP contribution in [0.2, 0.25) is 0 Å². The first-order valence-corrected chi connectivity index (χ1v) is 9.76. The highest BCUT2D eigenvalue weighted by atomic mass is 19.4. The van der Waals surface area contributed by atoms with Crippen molar-refractivity contribution in [3.8, 4) is 0 Å². The van der Waals surface area contributed by atoms with Crippen molar-refractivity contribution in [1.29, 1.82) is 0 Å². The van der Waals surface area contributed by atoms with Crippen LogP contribution < -0.4 is 4.90 Å². The molecule has 32 heavy (non-hydrogen) atoms. The predicted molar refractivity (Wildman–Crippen MR) is 110 cm³/mol. The molecule has 166 valence electrons. The molecule has 0 aliphatic carbocycles. The Morgan fingerprint density at radius 2 is 1.78 bits per heavy atom. The zero-order chi connectivity index (χ0) is 22.9. The summed E-state index contributed by atoms with van der Waals surface area (Å²) in [7, 11) is 1.60. The van der Waals surface area contributed by atoms with Gasteiger partial charge in [-0.1, -0.05) is 36.4 Å². The molecular weight excluding hydrogens is 425 g/mol. The average Bonchev–Trinajstić information content (AvgIpc) is 3.11. The number of nitrogens with zero attached hydrogens (tertiary/aromatic N) is 4. The maximum Gasteiger partial charge on any atom is 0.416 e. The molecule has 0 saturated carbocycles. The molecule has 2 aromatic rings. The van der Waals surface area contributed by atoms with Crippen molar-refractivity contribution in [2.24, 2.45) is 4.99 Å². The van der Waals surface area contributed by atoms with Crippen LogP contribution in [0.1, 0.15) is 11.1 Å². The molecule has 0 aromatic heterocycles. The van der Waals surface area contributed by atoms with Gasteiger partial charge >= 0.3 is 18.2 Å². The van der Waals surface area contributed by atoms with E-state index in [0.29, 0.717) is 5.69 Å². The van der Waals surface area contributed by atoms with Gasteiger partial charge in [0.2, 0.25) is 5.76 Å². The van der Waals surface area contributed by atoms with Gasteiger partial charge in [-0.2, -0.15) is 13.2 Å². The number of amidine groups is 1. The Kier molecular flexibility index (Phi) is 5.60. The van der Waals surface area contributed by atoms with Gasteiger partial charge in [0.25, 0.3) is 5.91 Å². The van der Waals surface area contributed by atoms with E-state index in [-0.39, 0.29) is 37.0 Å². The highest BCUT2D eigenvalue weighted by molar-refractivity contribution is 6.07. The van der Waals surface area contributed by atoms with Crippen LogP contribution in [-0.4, -0.2) is 47.9 Å². The SMILES string of the molecule is CN(C(=O)C1=CN2CCN(Cc3ccccc3C(F)(F)F)C(=O)N=C2O1)c1ccccc1. The number of hydrogen-bond donors (Lipinski definition) is 0. The number of carbonyl (C=O) groups is 2. The highest BCUT2D eigenvalue weighted by Gasteiger charge is 2.36. The number of anilines is 1. The van der Waals surface area contributed by atoms with Gasteiger partial charge in [-0.3, -0.25) is 9.69 Å². The minimum absolute atomic E-state index is 0.00114. The molecule has 2 aliphatic rings. The summed E-state index contributed by atoms with van der Waals surface area (Å²) < 4.78 is 45.3. The van der Waals surface area contributed by atoms with Crippen molar-refractivity contribution < 1.29 is 27.5 Å². The molecule has 0 bridgehead atoms. The van der Waals surface area contributed by atoms with Gasteiger partial charge in [-0.05, 0) is 23.8 Å². The quantitative estimate of drug-likeness (QED) is 0.719.